The highest BCUT2D eigenvalue weighted by Crippen LogP contribution is 2.29. The third-order valence-corrected chi connectivity index (χ3v) is 3.45. The van der Waals surface area contributed by atoms with Gasteiger partial charge in [-0.1, -0.05) is 66.7 Å². The summed E-state index contributed by atoms with van der Waals surface area (Å²) in [5.41, 5.74) is 3.40. The van der Waals surface area contributed by atoms with E-state index in [1.54, 1.807) is 18.2 Å². The molecule has 0 atom stereocenters. The maximum Gasteiger partial charge on any atom is 0.150 e. The fourth-order valence-electron chi connectivity index (χ4n) is 2.40. The van der Waals surface area contributed by atoms with E-state index in [9.17, 15) is 9.18 Å². The molecule has 102 valence electrons. The fourth-order valence-corrected chi connectivity index (χ4v) is 2.40. The molecule has 0 spiro atoms. The number of carbonyl (C=O) groups excluding carboxylic acids is 1. The SMILES string of the molecule is O=Cc1ccccc1-c1ccc(-c2ccccc2)c(F)c1. The number of halogens is 1. The Labute approximate surface area is 122 Å². The lowest BCUT2D eigenvalue weighted by atomic mass is 9.97. The molecule has 0 aliphatic heterocycles. The Balaban J connectivity index is 2.08. The van der Waals surface area contributed by atoms with Crippen molar-refractivity contribution in [2.45, 2.75) is 0 Å². The third kappa shape index (κ3) is 2.61. The van der Waals surface area contributed by atoms with Crippen LogP contribution in [0, 0.1) is 5.82 Å². The second kappa shape index (κ2) is 5.71. The number of rotatable bonds is 3. The summed E-state index contributed by atoms with van der Waals surface area (Å²) < 4.78 is 14.4. The van der Waals surface area contributed by atoms with Crippen molar-refractivity contribution in [2.75, 3.05) is 0 Å². The Hall–Kier alpha value is -2.74. The molecule has 1 nitrogen and oxygen atoms in total. The van der Waals surface area contributed by atoms with E-state index in [1.165, 1.54) is 6.07 Å². The molecule has 0 aliphatic rings. The molecular formula is C19H13FO. The van der Waals surface area contributed by atoms with Gasteiger partial charge in [-0.3, -0.25) is 4.79 Å². The van der Waals surface area contributed by atoms with Crippen LogP contribution >= 0.6 is 0 Å². The van der Waals surface area contributed by atoms with Crippen molar-refractivity contribution in [3.63, 3.8) is 0 Å². The lowest BCUT2D eigenvalue weighted by Crippen LogP contribution is -1.90. The van der Waals surface area contributed by atoms with Gasteiger partial charge >= 0.3 is 0 Å². The van der Waals surface area contributed by atoms with Gasteiger partial charge in [-0.2, -0.15) is 0 Å². The van der Waals surface area contributed by atoms with Gasteiger partial charge in [-0.15, -0.1) is 0 Å². The standard InChI is InChI=1S/C19H13FO/c20-19-12-15(17-9-5-4-8-16(17)13-21)10-11-18(19)14-6-2-1-3-7-14/h1-13H. The molecule has 3 aromatic carbocycles. The van der Waals surface area contributed by atoms with E-state index >= 15 is 0 Å². The van der Waals surface area contributed by atoms with Crippen LogP contribution in [0.3, 0.4) is 0 Å². The first kappa shape index (κ1) is 13.3. The van der Waals surface area contributed by atoms with Gasteiger partial charge in [0.2, 0.25) is 0 Å². The quantitative estimate of drug-likeness (QED) is 0.617. The maximum atomic E-state index is 14.4. The number of aldehydes is 1. The molecule has 0 bridgehead atoms. The molecule has 3 rings (SSSR count). The molecule has 0 amide bonds. The van der Waals surface area contributed by atoms with Crippen molar-refractivity contribution in [1.29, 1.82) is 0 Å². The minimum atomic E-state index is -0.292. The summed E-state index contributed by atoms with van der Waals surface area (Å²) in [7, 11) is 0. The van der Waals surface area contributed by atoms with Crippen molar-refractivity contribution in [3.8, 4) is 22.3 Å². The monoisotopic (exact) mass is 276 g/mol. The second-order valence-corrected chi connectivity index (χ2v) is 4.77. The number of carbonyl (C=O) groups is 1. The minimum absolute atomic E-state index is 0.292. The number of benzene rings is 3. The van der Waals surface area contributed by atoms with Crippen molar-refractivity contribution in [3.05, 3.63) is 84.2 Å². The zero-order valence-corrected chi connectivity index (χ0v) is 11.3. The molecule has 0 N–H and O–H groups in total. The average molecular weight is 276 g/mol. The van der Waals surface area contributed by atoms with Gasteiger partial charge in [0.15, 0.2) is 6.29 Å². The van der Waals surface area contributed by atoms with E-state index in [1.807, 2.05) is 48.5 Å². The fraction of sp³-hybridized carbons (Fsp3) is 0. The van der Waals surface area contributed by atoms with Crippen LogP contribution in [-0.4, -0.2) is 6.29 Å². The topological polar surface area (TPSA) is 17.1 Å². The largest absolute Gasteiger partial charge is 0.298 e. The van der Waals surface area contributed by atoms with Crippen molar-refractivity contribution in [2.24, 2.45) is 0 Å². The first-order chi connectivity index (χ1) is 10.3. The molecule has 0 radical (unpaired) electrons. The lowest BCUT2D eigenvalue weighted by Gasteiger charge is -2.08. The van der Waals surface area contributed by atoms with Gasteiger partial charge in [0.05, 0.1) is 0 Å². The zero-order chi connectivity index (χ0) is 14.7. The predicted octanol–water partition coefficient (Wildman–Crippen LogP) is 4.97. The van der Waals surface area contributed by atoms with Crippen LogP contribution in [0.5, 0.6) is 0 Å². The summed E-state index contributed by atoms with van der Waals surface area (Å²) >= 11 is 0. The smallest absolute Gasteiger partial charge is 0.150 e. The van der Waals surface area contributed by atoms with Crippen LogP contribution < -0.4 is 0 Å². The van der Waals surface area contributed by atoms with E-state index in [2.05, 4.69) is 0 Å². The third-order valence-electron chi connectivity index (χ3n) is 3.45. The van der Waals surface area contributed by atoms with Gasteiger partial charge in [-0.05, 0) is 22.8 Å². The first-order valence-corrected chi connectivity index (χ1v) is 6.69. The van der Waals surface area contributed by atoms with E-state index in [-0.39, 0.29) is 5.82 Å². The van der Waals surface area contributed by atoms with Crippen LogP contribution in [0.2, 0.25) is 0 Å². The summed E-state index contributed by atoms with van der Waals surface area (Å²) in [4.78, 5) is 11.1. The molecular weight excluding hydrogens is 263 g/mol. The molecule has 3 aromatic rings. The van der Waals surface area contributed by atoms with E-state index in [0.29, 0.717) is 16.7 Å². The average Bonchev–Trinajstić information content (AvgIpc) is 2.55. The van der Waals surface area contributed by atoms with Crippen LogP contribution in [-0.2, 0) is 0 Å². The summed E-state index contributed by atoms with van der Waals surface area (Å²) in [6.45, 7) is 0. The van der Waals surface area contributed by atoms with Gasteiger partial charge in [0, 0.05) is 11.1 Å². The Kier molecular flexibility index (Phi) is 3.61. The second-order valence-electron chi connectivity index (χ2n) is 4.77. The maximum absolute atomic E-state index is 14.4. The molecule has 2 heteroatoms. The molecule has 0 aromatic heterocycles. The van der Waals surface area contributed by atoms with Gasteiger partial charge in [0.1, 0.15) is 5.82 Å². The highest BCUT2D eigenvalue weighted by molar-refractivity contribution is 5.88. The number of hydrogen-bond donors (Lipinski definition) is 0. The molecule has 0 heterocycles. The van der Waals surface area contributed by atoms with Crippen molar-refractivity contribution >= 4 is 6.29 Å². The molecule has 0 fully saturated rings. The lowest BCUT2D eigenvalue weighted by molar-refractivity contribution is 0.112. The summed E-state index contributed by atoms with van der Waals surface area (Å²) in [6.07, 6.45) is 0.790. The molecule has 21 heavy (non-hydrogen) atoms. The van der Waals surface area contributed by atoms with Gasteiger partial charge < -0.3 is 0 Å². The Bertz CT molecular complexity index is 779. The van der Waals surface area contributed by atoms with E-state index in [0.717, 1.165) is 17.4 Å². The van der Waals surface area contributed by atoms with Crippen LogP contribution in [0.25, 0.3) is 22.3 Å². The van der Waals surface area contributed by atoms with Crippen LogP contribution in [0.1, 0.15) is 10.4 Å². The summed E-state index contributed by atoms with van der Waals surface area (Å²) in [5.74, 6) is -0.292. The molecule has 0 aliphatic carbocycles. The summed E-state index contributed by atoms with van der Waals surface area (Å²) in [6, 6.07) is 21.7. The highest BCUT2D eigenvalue weighted by atomic mass is 19.1. The Morgan fingerprint density at radius 2 is 1.43 bits per heavy atom. The van der Waals surface area contributed by atoms with Crippen molar-refractivity contribution in [1.82, 2.24) is 0 Å². The summed E-state index contributed by atoms with van der Waals surface area (Å²) in [5, 5.41) is 0. The van der Waals surface area contributed by atoms with Gasteiger partial charge in [-0.25, -0.2) is 4.39 Å². The Morgan fingerprint density at radius 1 is 0.714 bits per heavy atom. The molecule has 0 saturated heterocycles. The zero-order valence-electron chi connectivity index (χ0n) is 11.3. The predicted molar refractivity (Wildman–Crippen MR) is 82.7 cm³/mol. The van der Waals surface area contributed by atoms with E-state index in [4.69, 9.17) is 0 Å². The number of hydrogen-bond acceptors (Lipinski definition) is 1. The minimum Gasteiger partial charge on any atom is -0.298 e. The highest BCUT2D eigenvalue weighted by Gasteiger charge is 2.09. The molecule has 0 saturated carbocycles. The first-order valence-electron chi connectivity index (χ1n) is 6.69. The van der Waals surface area contributed by atoms with Gasteiger partial charge in [0.25, 0.3) is 0 Å². The van der Waals surface area contributed by atoms with Crippen LogP contribution in [0.4, 0.5) is 4.39 Å². The molecule has 0 unspecified atom stereocenters. The van der Waals surface area contributed by atoms with Crippen molar-refractivity contribution < 1.29 is 9.18 Å². The Morgan fingerprint density at radius 3 is 2.14 bits per heavy atom. The van der Waals surface area contributed by atoms with E-state index < -0.39 is 0 Å². The normalized spacial score (nSPS) is 10.3. The van der Waals surface area contributed by atoms with Crippen LogP contribution in [0.15, 0.2) is 72.8 Å².